The molecule has 11 rings (SSSR count). The van der Waals surface area contributed by atoms with Gasteiger partial charge < -0.3 is 4.90 Å². The molecule has 0 heterocycles. The predicted octanol–water partition coefficient (Wildman–Crippen LogP) is 14.8. The summed E-state index contributed by atoms with van der Waals surface area (Å²) < 4.78 is 0. The molecule has 1 heteroatoms. The van der Waals surface area contributed by atoms with Gasteiger partial charge in [0.1, 0.15) is 0 Å². The Hall–Kier alpha value is -6.96. The van der Waals surface area contributed by atoms with Crippen LogP contribution in [0.25, 0.3) is 86.9 Å². The van der Waals surface area contributed by atoms with E-state index >= 15 is 0 Å². The summed E-state index contributed by atoms with van der Waals surface area (Å²) in [5.41, 5.74) is 8.24. The molecule has 1 nitrogen and oxygen atoms in total. The van der Waals surface area contributed by atoms with Crippen LogP contribution >= 0.6 is 0 Å². The van der Waals surface area contributed by atoms with E-state index in [2.05, 4.69) is 205 Å². The van der Waals surface area contributed by atoms with E-state index in [0.29, 0.717) is 0 Å². The Morgan fingerprint density at radius 1 is 0.245 bits per heavy atom. The first kappa shape index (κ1) is 29.7. The maximum absolute atomic E-state index is 2.41. The monoisotopic (exact) mass is 671 g/mol. The van der Waals surface area contributed by atoms with Crippen LogP contribution in [0.15, 0.2) is 200 Å². The van der Waals surface area contributed by atoms with Crippen molar-refractivity contribution in [3.8, 4) is 22.3 Å². The van der Waals surface area contributed by atoms with Crippen LogP contribution in [0.1, 0.15) is 0 Å². The number of nitrogens with zero attached hydrogens (tertiary/aromatic N) is 1. The molecule has 0 aromatic heterocycles. The molecule has 11 aromatic rings. The van der Waals surface area contributed by atoms with Crippen LogP contribution in [0.2, 0.25) is 0 Å². The summed E-state index contributed by atoms with van der Waals surface area (Å²) in [5.74, 6) is 0. The molecule has 0 atom stereocenters. The second-order valence-corrected chi connectivity index (χ2v) is 14.1. The van der Waals surface area contributed by atoms with Gasteiger partial charge in [-0.15, -0.1) is 0 Å². The average Bonchev–Trinajstić information content (AvgIpc) is 3.23. The Bertz CT molecular complexity index is 3130. The molecule has 246 valence electrons. The molecule has 0 aliphatic carbocycles. The molecule has 0 saturated heterocycles. The van der Waals surface area contributed by atoms with E-state index in [1.165, 1.54) is 86.9 Å². The fraction of sp³-hybridized carbons (Fsp3) is 0. The molecule has 0 amide bonds. The standard InChI is InChI=1S/C52H33N/c1-3-11-34(12-4-1)35-25-29-41(30-26-35)53(40-16-5-2-6-17-40)42-31-27-36(28-32-42)48-33-39-15-9-20-44-43-18-7-13-37-23-24-38-14-8-19-45(50(38)49(37)43)46-21-10-22-47(48)52(46)51(39)44/h1-33H. The van der Waals surface area contributed by atoms with Gasteiger partial charge in [0.2, 0.25) is 0 Å². The van der Waals surface area contributed by atoms with E-state index < -0.39 is 0 Å². The number of fused-ring (bicyclic) bond motifs is 2. The summed E-state index contributed by atoms with van der Waals surface area (Å²) in [6, 6.07) is 73.5. The maximum Gasteiger partial charge on any atom is 0.0462 e. The lowest BCUT2D eigenvalue weighted by Crippen LogP contribution is -2.09. The number of para-hydroxylation sites is 1. The molecule has 0 aliphatic heterocycles. The molecule has 0 fully saturated rings. The molecule has 0 N–H and O–H groups in total. The van der Waals surface area contributed by atoms with Crippen molar-refractivity contribution in [2.24, 2.45) is 0 Å². The molecule has 11 aromatic carbocycles. The first-order valence-corrected chi connectivity index (χ1v) is 18.3. The van der Waals surface area contributed by atoms with Crippen LogP contribution in [-0.4, -0.2) is 0 Å². The minimum absolute atomic E-state index is 1.12. The molecular weight excluding hydrogens is 639 g/mol. The predicted molar refractivity (Wildman–Crippen MR) is 228 cm³/mol. The van der Waals surface area contributed by atoms with Crippen LogP contribution in [0, 0.1) is 0 Å². The van der Waals surface area contributed by atoms with Gasteiger partial charge in [0.05, 0.1) is 0 Å². The quantitative estimate of drug-likeness (QED) is 0.165. The molecule has 0 saturated carbocycles. The summed E-state index contributed by atoms with van der Waals surface area (Å²) in [6.07, 6.45) is 0. The second kappa shape index (κ2) is 11.8. The highest BCUT2D eigenvalue weighted by atomic mass is 15.1. The van der Waals surface area contributed by atoms with E-state index in [4.69, 9.17) is 0 Å². The lowest BCUT2D eigenvalue weighted by molar-refractivity contribution is 1.28. The summed E-state index contributed by atoms with van der Waals surface area (Å²) in [6.45, 7) is 0. The van der Waals surface area contributed by atoms with Crippen molar-refractivity contribution in [1.29, 1.82) is 0 Å². The van der Waals surface area contributed by atoms with E-state index in [1.807, 2.05) is 0 Å². The molecule has 0 radical (unpaired) electrons. The van der Waals surface area contributed by atoms with Crippen molar-refractivity contribution in [3.05, 3.63) is 200 Å². The number of hydrogen-bond acceptors (Lipinski definition) is 1. The zero-order chi connectivity index (χ0) is 34.9. The van der Waals surface area contributed by atoms with Crippen molar-refractivity contribution in [2.45, 2.75) is 0 Å². The molecular formula is C52H33N. The summed E-state index contributed by atoms with van der Waals surface area (Å²) in [4.78, 5) is 2.34. The highest BCUT2D eigenvalue weighted by Gasteiger charge is 2.18. The fourth-order valence-corrected chi connectivity index (χ4v) is 8.79. The van der Waals surface area contributed by atoms with Gasteiger partial charge in [-0.2, -0.15) is 0 Å². The number of rotatable bonds is 5. The topological polar surface area (TPSA) is 3.24 Å². The van der Waals surface area contributed by atoms with Crippen LogP contribution in [0.3, 0.4) is 0 Å². The summed E-state index contributed by atoms with van der Waals surface area (Å²) >= 11 is 0. The Morgan fingerprint density at radius 2 is 0.660 bits per heavy atom. The SMILES string of the molecule is c1ccc(-c2ccc(N(c3ccccc3)c3ccc(-c4cc5cccc6c7cccc8ccc9cccc(c%10cccc4c%10c56)c9c87)cc3)cc2)cc1. The van der Waals surface area contributed by atoms with E-state index in [0.717, 1.165) is 17.1 Å². The Balaban J connectivity index is 1.12. The Labute approximate surface area is 307 Å². The van der Waals surface area contributed by atoms with Crippen molar-refractivity contribution < 1.29 is 0 Å². The summed E-state index contributed by atoms with van der Waals surface area (Å²) in [5, 5.41) is 15.6. The van der Waals surface area contributed by atoms with Crippen molar-refractivity contribution >= 4 is 81.7 Å². The van der Waals surface area contributed by atoms with Gasteiger partial charge >= 0.3 is 0 Å². The number of benzene rings is 10. The normalized spacial score (nSPS) is 11.8. The maximum atomic E-state index is 2.41. The van der Waals surface area contributed by atoms with Gasteiger partial charge in [-0.3, -0.25) is 0 Å². The zero-order valence-electron chi connectivity index (χ0n) is 29.0. The first-order valence-electron chi connectivity index (χ1n) is 18.3. The van der Waals surface area contributed by atoms with Gasteiger partial charge in [-0.1, -0.05) is 158 Å². The van der Waals surface area contributed by atoms with E-state index in [-0.39, 0.29) is 0 Å². The minimum atomic E-state index is 1.12. The van der Waals surface area contributed by atoms with E-state index in [9.17, 15) is 0 Å². The largest absolute Gasteiger partial charge is 0.311 e. The van der Waals surface area contributed by atoms with Gasteiger partial charge in [-0.25, -0.2) is 0 Å². The highest BCUT2D eigenvalue weighted by Crippen LogP contribution is 2.46. The first-order chi connectivity index (χ1) is 26.3. The third kappa shape index (κ3) is 4.64. The average molecular weight is 672 g/mol. The minimum Gasteiger partial charge on any atom is -0.311 e. The number of hydrogen-bond donors (Lipinski definition) is 0. The van der Waals surface area contributed by atoms with E-state index in [1.54, 1.807) is 0 Å². The third-order valence-corrected chi connectivity index (χ3v) is 11.2. The van der Waals surface area contributed by atoms with Gasteiger partial charge in [0.25, 0.3) is 0 Å². The zero-order valence-corrected chi connectivity index (χ0v) is 29.0. The third-order valence-electron chi connectivity index (χ3n) is 11.2. The van der Waals surface area contributed by atoms with Gasteiger partial charge in [0.15, 0.2) is 0 Å². The van der Waals surface area contributed by atoms with Crippen molar-refractivity contribution in [3.63, 3.8) is 0 Å². The molecule has 53 heavy (non-hydrogen) atoms. The molecule has 0 bridgehead atoms. The Morgan fingerprint density at radius 3 is 1.25 bits per heavy atom. The van der Waals surface area contributed by atoms with Crippen LogP contribution in [0.5, 0.6) is 0 Å². The molecule has 0 spiro atoms. The summed E-state index contributed by atoms with van der Waals surface area (Å²) in [7, 11) is 0. The highest BCUT2D eigenvalue weighted by molar-refractivity contribution is 6.37. The lowest BCUT2D eigenvalue weighted by Gasteiger charge is -2.26. The lowest BCUT2D eigenvalue weighted by atomic mass is 9.85. The van der Waals surface area contributed by atoms with Crippen molar-refractivity contribution in [2.75, 3.05) is 4.90 Å². The smallest absolute Gasteiger partial charge is 0.0462 e. The van der Waals surface area contributed by atoms with Gasteiger partial charge in [0, 0.05) is 17.1 Å². The Kier molecular flexibility index (Phi) is 6.62. The second-order valence-electron chi connectivity index (χ2n) is 14.1. The fourth-order valence-electron chi connectivity index (χ4n) is 8.79. The van der Waals surface area contributed by atoms with Crippen molar-refractivity contribution in [1.82, 2.24) is 0 Å². The number of anilines is 3. The van der Waals surface area contributed by atoms with Crippen LogP contribution < -0.4 is 4.90 Å². The molecule has 0 aliphatic rings. The van der Waals surface area contributed by atoms with Crippen LogP contribution in [-0.2, 0) is 0 Å². The van der Waals surface area contributed by atoms with Crippen LogP contribution in [0.4, 0.5) is 17.1 Å². The van der Waals surface area contributed by atoms with Gasteiger partial charge in [-0.05, 0) is 129 Å². The molecule has 0 unspecified atom stereocenters.